The average molecular weight is 260 g/mol. The molecule has 0 aliphatic heterocycles. The second-order valence-electron chi connectivity index (χ2n) is 3.91. The van der Waals surface area contributed by atoms with Crippen molar-refractivity contribution in [3.05, 3.63) is 42.5 Å². The van der Waals surface area contributed by atoms with E-state index in [1.165, 1.54) is 17.3 Å². The summed E-state index contributed by atoms with van der Waals surface area (Å²) in [4.78, 5) is 26.0. The van der Waals surface area contributed by atoms with E-state index >= 15 is 0 Å². The number of rotatable bonds is 5. The quantitative estimate of drug-likeness (QED) is 0.818. The van der Waals surface area contributed by atoms with E-state index in [1.807, 2.05) is 0 Å². The largest absolute Gasteiger partial charge is 0.481 e. The zero-order valence-corrected chi connectivity index (χ0v) is 9.98. The molecule has 0 bridgehead atoms. The fourth-order valence-electron chi connectivity index (χ4n) is 1.60. The highest BCUT2D eigenvalue weighted by molar-refractivity contribution is 5.90. The van der Waals surface area contributed by atoms with Gasteiger partial charge in [-0.15, -0.1) is 0 Å². The van der Waals surface area contributed by atoms with Crippen LogP contribution in [-0.2, 0) is 22.6 Å². The third kappa shape index (κ3) is 3.91. The van der Waals surface area contributed by atoms with Crippen molar-refractivity contribution in [2.75, 3.05) is 5.32 Å². The summed E-state index contributed by atoms with van der Waals surface area (Å²) in [5.74, 6) is -1.16. The number of carboxylic acids is 1. The SMILES string of the molecule is O=C(O)Cc1cccc(NC(=O)Cn2cncn2)c1. The molecule has 2 N–H and O–H groups in total. The summed E-state index contributed by atoms with van der Waals surface area (Å²) in [6.45, 7) is 0.0587. The molecule has 2 aromatic rings. The van der Waals surface area contributed by atoms with Gasteiger partial charge < -0.3 is 10.4 Å². The predicted molar refractivity (Wildman–Crippen MR) is 66.4 cm³/mol. The minimum absolute atomic E-state index is 0.0587. The highest BCUT2D eigenvalue weighted by Gasteiger charge is 2.06. The molecule has 1 aromatic heterocycles. The van der Waals surface area contributed by atoms with E-state index in [4.69, 9.17) is 5.11 Å². The summed E-state index contributed by atoms with van der Waals surface area (Å²) in [6, 6.07) is 6.72. The summed E-state index contributed by atoms with van der Waals surface area (Å²) in [5.41, 5.74) is 1.19. The van der Waals surface area contributed by atoms with Crippen molar-refractivity contribution < 1.29 is 14.7 Å². The summed E-state index contributed by atoms with van der Waals surface area (Å²) in [5, 5.41) is 15.2. The van der Waals surface area contributed by atoms with Gasteiger partial charge in [-0.2, -0.15) is 5.10 Å². The summed E-state index contributed by atoms with van der Waals surface area (Å²) in [6.07, 6.45) is 2.72. The maximum absolute atomic E-state index is 11.7. The molecule has 0 saturated carbocycles. The molecule has 19 heavy (non-hydrogen) atoms. The number of benzene rings is 1. The number of aliphatic carboxylic acids is 1. The zero-order valence-electron chi connectivity index (χ0n) is 9.98. The molecular formula is C12H12N4O3. The Balaban J connectivity index is 1.98. The number of nitrogens with zero attached hydrogens (tertiary/aromatic N) is 3. The van der Waals surface area contributed by atoms with Crippen molar-refractivity contribution in [1.82, 2.24) is 14.8 Å². The van der Waals surface area contributed by atoms with E-state index in [1.54, 1.807) is 24.3 Å². The molecule has 7 nitrogen and oxygen atoms in total. The minimum atomic E-state index is -0.911. The Morgan fingerprint density at radius 3 is 2.89 bits per heavy atom. The van der Waals surface area contributed by atoms with Gasteiger partial charge in [-0.1, -0.05) is 12.1 Å². The van der Waals surface area contributed by atoms with Crippen molar-refractivity contribution in [2.45, 2.75) is 13.0 Å². The van der Waals surface area contributed by atoms with Gasteiger partial charge in [-0.3, -0.25) is 9.59 Å². The number of hydrogen-bond donors (Lipinski definition) is 2. The zero-order chi connectivity index (χ0) is 13.7. The third-order valence-electron chi connectivity index (χ3n) is 2.34. The summed E-state index contributed by atoms with van der Waals surface area (Å²) < 4.78 is 1.40. The normalized spacial score (nSPS) is 10.1. The van der Waals surface area contributed by atoms with Gasteiger partial charge in [0, 0.05) is 5.69 Å². The highest BCUT2D eigenvalue weighted by atomic mass is 16.4. The number of carbonyl (C=O) groups excluding carboxylic acids is 1. The van der Waals surface area contributed by atoms with Gasteiger partial charge in [0.2, 0.25) is 5.91 Å². The lowest BCUT2D eigenvalue weighted by molar-refractivity contribution is -0.136. The maximum atomic E-state index is 11.7. The van der Waals surface area contributed by atoms with E-state index in [0.29, 0.717) is 11.3 Å². The molecule has 0 aliphatic rings. The Hall–Kier alpha value is -2.70. The number of carbonyl (C=O) groups is 2. The average Bonchev–Trinajstić information content (AvgIpc) is 2.81. The Bertz CT molecular complexity index is 580. The molecule has 0 spiro atoms. The second-order valence-corrected chi connectivity index (χ2v) is 3.91. The van der Waals surface area contributed by atoms with Gasteiger partial charge >= 0.3 is 5.97 Å². The van der Waals surface area contributed by atoms with Crippen LogP contribution in [0.2, 0.25) is 0 Å². The first kappa shape index (κ1) is 12.7. The molecule has 7 heteroatoms. The van der Waals surface area contributed by atoms with Crippen LogP contribution in [0.25, 0.3) is 0 Å². The Morgan fingerprint density at radius 1 is 1.37 bits per heavy atom. The molecule has 1 aromatic carbocycles. The molecule has 0 unspecified atom stereocenters. The lowest BCUT2D eigenvalue weighted by atomic mass is 10.1. The molecule has 98 valence electrons. The van der Waals surface area contributed by atoms with Crippen molar-refractivity contribution in [3.63, 3.8) is 0 Å². The van der Waals surface area contributed by atoms with E-state index in [-0.39, 0.29) is 18.9 Å². The Kier molecular flexibility index (Phi) is 3.87. The lowest BCUT2D eigenvalue weighted by Gasteiger charge is -2.06. The van der Waals surface area contributed by atoms with Crippen LogP contribution in [0.3, 0.4) is 0 Å². The van der Waals surface area contributed by atoms with E-state index in [0.717, 1.165) is 0 Å². The topological polar surface area (TPSA) is 97.1 Å². The van der Waals surface area contributed by atoms with Crippen LogP contribution in [-0.4, -0.2) is 31.7 Å². The van der Waals surface area contributed by atoms with Crippen molar-refractivity contribution in [2.24, 2.45) is 0 Å². The van der Waals surface area contributed by atoms with E-state index < -0.39 is 5.97 Å². The molecule has 0 aliphatic carbocycles. The van der Waals surface area contributed by atoms with Crippen LogP contribution in [0.5, 0.6) is 0 Å². The first-order valence-corrected chi connectivity index (χ1v) is 5.56. The third-order valence-corrected chi connectivity index (χ3v) is 2.34. The van der Waals surface area contributed by atoms with Crippen molar-refractivity contribution in [3.8, 4) is 0 Å². The minimum Gasteiger partial charge on any atom is -0.481 e. The summed E-state index contributed by atoms with van der Waals surface area (Å²) in [7, 11) is 0. The molecular weight excluding hydrogens is 248 g/mol. The van der Waals surface area contributed by atoms with Crippen LogP contribution in [0, 0.1) is 0 Å². The number of aromatic nitrogens is 3. The fourth-order valence-corrected chi connectivity index (χ4v) is 1.60. The molecule has 1 heterocycles. The number of hydrogen-bond acceptors (Lipinski definition) is 4. The second kappa shape index (κ2) is 5.76. The van der Waals surface area contributed by atoms with Crippen LogP contribution in [0.15, 0.2) is 36.9 Å². The number of nitrogens with one attached hydrogen (secondary N) is 1. The van der Waals surface area contributed by atoms with Gasteiger partial charge in [-0.25, -0.2) is 9.67 Å². The van der Waals surface area contributed by atoms with Crippen LogP contribution in [0.4, 0.5) is 5.69 Å². The van der Waals surface area contributed by atoms with Crippen LogP contribution >= 0.6 is 0 Å². The first-order chi connectivity index (χ1) is 9.13. The molecule has 0 radical (unpaired) electrons. The van der Waals surface area contributed by atoms with Gasteiger partial charge in [-0.05, 0) is 17.7 Å². The smallest absolute Gasteiger partial charge is 0.307 e. The van der Waals surface area contributed by atoms with Crippen molar-refractivity contribution >= 4 is 17.6 Å². The van der Waals surface area contributed by atoms with Gasteiger partial charge in [0.25, 0.3) is 0 Å². The number of anilines is 1. The molecule has 0 fully saturated rings. The maximum Gasteiger partial charge on any atom is 0.307 e. The summed E-state index contributed by atoms with van der Waals surface area (Å²) >= 11 is 0. The van der Waals surface area contributed by atoms with Crippen LogP contribution in [0.1, 0.15) is 5.56 Å². The molecule has 2 rings (SSSR count). The number of carboxylic acid groups (broad SMARTS) is 1. The monoisotopic (exact) mass is 260 g/mol. The number of amides is 1. The Morgan fingerprint density at radius 2 is 2.21 bits per heavy atom. The van der Waals surface area contributed by atoms with E-state index in [2.05, 4.69) is 15.4 Å². The van der Waals surface area contributed by atoms with Gasteiger partial charge in [0.15, 0.2) is 0 Å². The predicted octanol–water partition coefficient (Wildman–Crippen LogP) is 0.544. The van der Waals surface area contributed by atoms with Gasteiger partial charge in [0.05, 0.1) is 6.42 Å². The highest BCUT2D eigenvalue weighted by Crippen LogP contribution is 2.11. The Labute approximate surface area is 108 Å². The fraction of sp³-hybridized carbons (Fsp3) is 0.167. The molecule has 0 atom stereocenters. The molecule has 1 amide bonds. The van der Waals surface area contributed by atoms with Gasteiger partial charge in [0.1, 0.15) is 19.2 Å². The van der Waals surface area contributed by atoms with Crippen molar-refractivity contribution in [1.29, 1.82) is 0 Å². The first-order valence-electron chi connectivity index (χ1n) is 5.56. The van der Waals surface area contributed by atoms with Crippen LogP contribution < -0.4 is 5.32 Å². The standard InChI is InChI=1S/C12H12N4O3/c17-11(6-16-8-13-7-14-16)15-10-3-1-2-9(4-10)5-12(18)19/h1-4,7-8H,5-6H2,(H,15,17)(H,18,19). The van der Waals surface area contributed by atoms with E-state index in [9.17, 15) is 9.59 Å². The molecule has 0 saturated heterocycles. The lowest BCUT2D eigenvalue weighted by Crippen LogP contribution is -2.19.